The molecule has 2 aromatic rings. The van der Waals surface area contributed by atoms with Crippen LogP contribution in [0, 0.1) is 0 Å². The average Bonchev–Trinajstić information content (AvgIpc) is 2.68. The molecule has 0 N–H and O–H groups in total. The molecule has 0 saturated carbocycles. The molecule has 5 nitrogen and oxygen atoms in total. The number of ether oxygens (including phenoxy) is 1. The molecule has 0 saturated heterocycles. The van der Waals surface area contributed by atoms with Crippen LogP contribution in [0.25, 0.3) is 5.57 Å². The Morgan fingerprint density at radius 3 is 2.61 bits per heavy atom. The third-order valence-electron chi connectivity index (χ3n) is 4.19. The molecule has 1 aliphatic rings. The molecule has 3 heterocycles. The summed E-state index contributed by atoms with van der Waals surface area (Å²) >= 11 is 0. The third kappa shape index (κ3) is 4.39. The molecule has 0 spiro atoms. The van der Waals surface area contributed by atoms with Gasteiger partial charge >= 0.3 is 6.18 Å². The van der Waals surface area contributed by atoms with E-state index in [9.17, 15) is 18.0 Å². The van der Waals surface area contributed by atoms with Gasteiger partial charge in [0.1, 0.15) is 17.1 Å². The standard InChI is InChI=1S/C20H18F3N3O2/c1-13(2)19(27)26-10-7-14(8-11-26)18-16(4-3-9-24-18)28-15-5-6-17(25-12-15)20(21,22)23/h3-7,9,12H,1,8,10-11H2,2H3. The molecule has 3 rings (SSSR count). The van der Waals surface area contributed by atoms with Crippen LogP contribution in [0.2, 0.25) is 0 Å². The zero-order chi connectivity index (χ0) is 20.3. The summed E-state index contributed by atoms with van der Waals surface area (Å²) in [7, 11) is 0. The van der Waals surface area contributed by atoms with Gasteiger partial charge in [0.2, 0.25) is 5.91 Å². The van der Waals surface area contributed by atoms with Crippen molar-refractivity contribution in [2.75, 3.05) is 13.1 Å². The van der Waals surface area contributed by atoms with Crippen LogP contribution >= 0.6 is 0 Å². The minimum absolute atomic E-state index is 0.0939. The molecule has 2 aromatic heterocycles. The summed E-state index contributed by atoms with van der Waals surface area (Å²) in [5.74, 6) is 0.497. The maximum absolute atomic E-state index is 12.6. The first-order valence-corrected chi connectivity index (χ1v) is 8.56. The quantitative estimate of drug-likeness (QED) is 0.724. The minimum atomic E-state index is -4.50. The Balaban J connectivity index is 1.79. The summed E-state index contributed by atoms with van der Waals surface area (Å²) in [5.41, 5.74) is 0.989. The second kappa shape index (κ2) is 7.84. The molecule has 0 atom stereocenters. The normalized spacial score (nSPS) is 14.4. The fourth-order valence-corrected chi connectivity index (χ4v) is 2.79. The molecule has 28 heavy (non-hydrogen) atoms. The van der Waals surface area contributed by atoms with E-state index in [4.69, 9.17) is 4.74 Å². The topological polar surface area (TPSA) is 55.3 Å². The molecule has 0 aromatic carbocycles. The smallest absolute Gasteiger partial charge is 0.433 e. The van der Waals surface area contributed by atoms with Crippen molar-refractivity contribution in [2.24, 2.45) is 0 Å². The van der Waals surface area contributed by atoms with Gasteiger partial charge < -0.3 is 9.64 Å². The third-order valence-corrected chi connectivity index (χ3v) is 4.19. The first-order chi connectivity index (χ1) is 13.3. The highest BCUT2D eigenvalue weighted by molar-refractivity contribution is 5.92. The molecular formula is C20H18F3N3O2. The average molecular weight is 389 g/mol. The summed E-state index contributed by atoms with van der Waals surface area (Å²) in [6.45, 7) is 6.29. The predicted octanol–water partition coefficient (Wildman–Crippen LogP) is 4.48. The van der Waals surface area contributed by atoms with Gasteiger partial charge in [-0.1, -0.05) is 12.7 Å². The lowest BCUT2D eigenvalue weighted by Crippen LogP contribution is -2.35. The number of carbonyl (C=O) groups is 1. The van der Waals surface area contributed by atoms with Crippen molar-refractivity contribution in [2.45, 2.75) is 19.5 Å². The van der Waals surface area contributed by atoms with Gasteiger partial charge in [0.15, 0.2) is 5.75 Å². The number of pyridine rings is 2. The molecule has 0 radical (unpaired) electrons. The summed E-state index contributed by atoms with van der Waals surface area (Å²) in [5, 5.41) is 0. The maximum atomic E-state index is 12.6. The van der Waals surface area contributed by atoms with Crippen LogP contribution < -0.4 is 4.74 Å². The fourth-order valence-electron chi connectivity index (χ4n) is 2.79. The number of hydrogen-bond donors (Lipinski definition) is 0. The first-order valence-electron chi connectivity index (χ1n) is 8.56. The van der Waals surface area contributed by atoms with Gasteiger partial charge in [-0.05, 0) is 43.2 Å². The van der Waals surface area contributed by atoms with Gasteiger partial charge in [0.25, 0.3) is 0 Å². The van der Waals surface area contributed by atoms with Crippen LogP contribution in [0.5, 0.6) is 11.5 Å². The fraction of sp³-hybridized carbons (Fsp3) is 0.250. The van der Waals surface area contributed by atoms with Crippen molar-refractivity contribution in [3.8, 4) is 11.5 Å². The van der Waals surface area contributed by atoms with Crippen LogP contribution in [0.15, 0.2) is 54.9 Å². The lowest BCUT2D eigenvalue weighted by Gasteiger charge is -2.27. The second-order valence-electron chi connectivity index (χ2n) is 6.34. The van der Waals surface area contributed by atoms with Crippen LogP contribution in [-0.4, -0.2) is 33.9 Å². The molecule has 1 aliphatic heterocycles. The number of amides is 1. The van der Waals surface area contributed by atoms with Gasteiger partial charge in [0, 0.05) is 24.9 Å². The van der Waals surface area contributed by atoms with Gasteiger partial charge in [-0.15, -0.1) is 0 Å². The molecule has 146 valence electrons. The summed E-state index contributed by atoms with van der Waals surface area (Å²) in [6, 6.07) is 5.45. The van der Waals surface area contributed by atoms with Crippen molar-refractivity contribution in [3.05, 3.63) is 66.3 Å². The molecule has 0 aliphatic carbocycles. The molecule has 8 heteroatoms. The van der Waals surface area contributed by atoms with Crippen molar-refractivity contribution >= 4 is 11.5 Å². The highest BCUT2D eigenvalue weighted by Crippen LogP contribution is 2.33. The number of hydrogen-bond acceptors (Lipinski definition) is 4. The van der Waals surface area contributed by atoms with E-state index >= 15 is 0 Å². The van der Waals surface area contributed by atoms with Gasteiger partial charge in [-0.25, -0.2) is 4.98 Å². The van der Waals surface area contributed by atoms with Crippen LogP contribution in [0.4, 0.5) is 13.2 Å². The first kappa shape index (κ1) is 19.6. The number of nitrogens with zero attached hydrogens (tertiary/aromatic N) is 3. The number of alkyl halides is 3. The lowest BCUT2D eigenvalue weighted by molar-refractivity contribution is -0.141. The van der Waals surface area contributed by atoms with Crippen molar-refractivity contribution in [3.63, 3.8) is 0 Å². The minimum Gasteiger partial charge on any atom is -0.453 e. The van der Waals surface area contributed by atoms with E-state index < -0.39 is 11.9 Å². The Morgan fingerprint density at radius 1 is 1.25 bits per heavy atom. The Hall–Kier alpha value is -3.16. The number of carbonyl (C=O) groups excluding carboxylic acids is 1. The van der Waals surface area contributed by atoms with Crippen LogP contribution in [-0.2, 0) is 11.0 Å². The summed E-state index contributed by atoms with van der Waals surface area (Å²) in [6.07, 6.45) is 0.613. The summed E-state index contributed by atoms with van der Waals surface area (Å²) in [4.78, 5) is 21.4. The molecule has 1 amide bonds. The zero-order valence-electron chi connectivity index (χ0n) is 15.2. The Morgan fingerprint density at radius 2 is 2.04 bits per heavy atom. The monoisotopic (exact) mass is 389 g/mol. The SMILES string of the molecule is C=C(C)C(=O)N1CC=C(c2ncccc2Oc2ccc(C(F)(F)F)nc2)CC1. The van der Waals surface area contributed by atoms with E-state index in [1.165, 1.54) is 6.07 Å². The van der Waals surface area contributed by atoms with Crippen molar-refractivity contribution < 1.29 is 22.7 Å². The Bertz CT molecular complexity index is 921. The Labute approximate surface area is 160 Å². The largest absolute Gasteiger partial charge is 0.453 e. The Kier molecular flexibility index (Phi) is 5.48. The molecule has 0 bridgehead atoms. The predicted molar refractivity (Wildman–Crippen MR) is 97.5 cm³/mol. The van der Waals surface area contributed by atoms with Crippen molar-refractivity contribution in [1.29, 1.82) is 0 Å². The highest BCUT2D eigenvalue weighted by Gasteiger charge is 2.32. The number of halogens is 3. The lowest BCUT2D eigenvalue weighted by atomic mass is 10.0. The summed E-state index contributed by atoms with van der Waals surface area (Å²) < 4.78 is 43.6. The maximum Gasteiger partial charge on any atom is 0.433 e. The van der Waals surface area contributed by atoms with E-state index in [0.29, 0.717) is 36.5 Å². The van der Waals surface area contributed by atoms with Crippen LogP contribution in [0.3, 0.4) is 0 Å². The number of rotatable bonds is 4. The van der Waals surface area contributed by atoms with Gasteiger partial charge in [-0.3, -0.25) is 9.78 Å². The zero-order valence-corrected chi connectivity index (χ0v) is 15.2. The van der Waals surface area contributed by atoms with E-state index in [1.807, 2.05) is 6.08 Å². The van der Waals surface area contributed by atoms with E-state index in [1.54, 1.807) is 30.2 Å². The van der Waals surface area contributed by atoms with E-state index in [-0.39, 0.29) is 11.7 Å². The molecular weight excluding hydrogens is 371 g/mol. The second-order valence-corrected chi connectivity index (χ2v) is 6.34. The van der Waals surface area contributed by atoms with Gasteiger partial charge in [-0.2, -0.15) is 13.2 Å². The van der Waals surface area contributed by atoms with Crippen LogP contribution in [0.1, 0.15) is 24.7 Å². The molecule has 0 unspecified atom stereocenters. The van der Waals surface area contributed by atoms with E-state index in [0.717, 1.165) is 17.8 Å². The number of aromatic nitrogens is 2. The van der Waals surface area contributed by atoms with Gasteiger partial charge in [0.05, 0.1) is 6.20 Å². The molecule has 0 fully saturated rings. The van der Waals surface area contributed by atoms with Crippen molar-refractivity contribution in [1.82, 2.24) is 14.9 Å². The highest BCUT2D eigenvalue weighted by atomic mass is 19.4. The van der Waals surface area contributed by atoms with E-state index in [2.05, 4.69) is 16.5 Å².